The van der Waals surface area contributed by atoms with Gasteiger partial charge in [0.05, 0.1) is 0 Å². The van der Waals surface area contributed by atoms with E-state index < -0.39 is 24.1 Å². The lowest BCUT2D eigenvalue weighted by atomic mass is 10.1. The van der Waals surface area contributed by atoms with Gasteiger partial charge in [0.1, 0.15) is 0 Å². The first-order valence-corrected chi connectivity index (χ1v) is 6.92. The lowest BCUT2D eigenvalue weighted by Crippen LogP contribution is -2.35. The summed E-state index contributed by atoms with van der Waals surface area (Å²) < 4.78 is 41.6. The summed E-state index contributed by atoms with van der Waals surface area (Å²) in [5.74, 6) is -2.29. The monoisotopic (exact) mass is 358 g/mol. The minimum absolute atomic E-state index is 0.0757. The van der Waals surface area contributed by atoms with Gasteiger partial charge in [0.2, 0.25) is 5.82 Å². The molecule has 11 heteroatoms. The molecule has 0 spiro atoms. The maximum atomic E-state index is 12.5. The fourth-order valence-corrected chi connectivity index (χ4v) is 1.79. The van der Waals surface area contributed by atoms with Gasteiger partial charge in [0.25, 0.3) is 5.91 Å². The van der Waals surface area contributed by atoms with E-state index in [4.69, 9.17) is 5.11 Å². The summed E-state index contributed by atoms with van der Waals surface area (Å²) in [5, 5.41) is 14.4. The first-order chi connectivity index (χ1) is 11.7. The highest BCUT2D eigenvalue weighted by Gasteiger charge is 2.38. The van der Waals surface area contributed by atoms with E-state index >= 15 is 0 Å². The van der Waals surface area contributed by atoms with Gasteiger partial charge in [-0.2, -0.15) is 18.2 Å². The molecule has 0 bridgehead atoms. The van der Waals surface area contributed by atoms with E-state index in [9.17, 15) is 22.8 Å². The van der Waals surface area contributed by atoms with Crippen molar-refractivity contribution in [3.8, 4) is 11.4 Å². The highest BCUT2D eigenvalue weighted by atomic mass is 19.4. The minimum atomic E-state index is -4.75. The Balaban J connectivity index is 2.07. The highest BCUT2D eigenvalue weighted by Crippen LogP contribution is 2.29. The van der Waals surface area contributed by atoms with Crippen LogP contribution in [-0.2, 0) is 6.18 Å². The molecule has 2 rings (SSSR count). The lowest BCUT2D eigenvalue weighted by Gasteiger charge is -2.13. The molecular weight excluding hydrogens is 345 g/mol. The highest BCUT2D eigenvalue weighted by molar-refractivity contribution is 5.95. The molecule has 0 radical (unpaired) electrons. The van der Waals surface area contributed by atoms with Crippen LogP contribution in [-0.4, -0.2) is 52.3 Å². The van der Waals surface area contributed by atoms with Crippen molar-refractivity contribution in [2.24, 2.45) is 0 Å². The molecule has 2 amide bonds. The Labute approximate surface area is 139 Å². The van der Waals surface area contributed by atoms with Gasteiger partial charge in [0, 0.05) is 31.3 Å². The summed E-state index contributed by atoms with van der Waals surface area (Å²) in [4.78, 5) is 26.9. The van der Waals surface area contributed by atoms with Gasteiger partial charge in [-0.3, -0.25) is 4.79 Å². The average molecular weight is 358 g/mol. The molecule has 1 aromatic heterocycles. The van der Waals surface area contributed by atoms with Gasteiger partial charge >= 0.3 is 18.2 Å². The Bertz CT molecular complexity index is 775. The van der Waals surface area contributed by atoms with Gasteiger partial charge in [-0.25, -0.2) is 4.79 Å². The van der Waals surface area contributed by atoms with Crippen LogP contribution < -0.4 is 5.32 Å². The minimum Gasteiger partial charge on any atom is -0.465 e. The normalized spacial score (nSPS) is 11.2. The van der Waals surface area contributed by atoms with Crippen molar-refractivity contribution in [3.05, 3.63) is 35.7 Å². The number of amides is 2. The molecule has 0 fully saturated rings. The third-order valence-corrected chi connectivity index (χ3v) is 3.11. The molecule has 0 aliphatic carbocycles. The Hall–Kier alpha value is -3.11. The zero-order valence-electron chi connectivity index (χ0n) is 12.9. The number of benzene rings is 1. The van der Waals surface area contributed by atoms with Crippen LogP contribution in [0.2, 0.25) is 0 Å². The number of nitrogens with one attached hydrogen (secondary N) is 1. The summed E-state index contributed by atoms with van der Waals surface area (Å²) >= 11 is 0. The van der Waals surface area contributed by atoms with Crippen LogP contribution in [0.15, 0.2) is 28.8 Å². The number of nitrogens with zero attached hydrogens (tertiary/aromatic N) is 3. The van der Waals surface area contributed by atoms with Crippen LogP contribution in [0.25, 0.3) is 11.4 Å². The molecule has 1 heterocycles. The SMILES string of the molecule is CN(CCNC(=O)c1cccc(-c2noc(C(F)(F)F)n2)c1)C(=O)O. The first kappa shape index (κ1) is 18.2. The van der Waals surface area contributed by atoms with Crippen LogP contribution in [0.5, 0.6) is 0 Å². The van der Waals surface area contributed by atoms with Gasteiger partial charge < -0.3 is 19.8 Å². The maximum Gasteiger partial charge on any atom is 0.471 e. The molecule has 8 nitrogen and oxygen atoms in total. The Morgan fingerprint density at radius 1 is 1.36 bits per heavy atom. The van der Waals surface area contributed by atoms with E-state index in [1.54, 1.807) is 0 Å². The zero-order chi connectivity index (χ0) is 18.6. The lowest BCUT2D eigenvalue weighted by molar-refractivity contribution is -0.159. The van der Waals surface area contributed by atoms with Crippen molar-refractivity contribution in [1.82, 2.24) is 20.4 Å². The van der Waals surface area contributed by atoms with Crippen LogP contribution in [0, 0.1) is 0 Å². The average Bonchev–Trinajstić information content (AvgIpc) is 3.05. The number of carbonyl (C=O) groups excluding carboxylic acids is 1. The maximum absolute atomic E-state index is 12.5. The molecule has 2 aromatic rings. The van der Waals surface area contributed by atoms with Gasteiger partial charge in [0.15, 0.2) is 0 Å². The number of alkyl halides is 3. The molecule has 1 aromatic carbocycles. The third kappa shape index (κ3) is 4.68. The number of hydrogen-bond acceptors (Lipinski definition) is 5. The molecule has 0 aliphatic rings. The zero-order valence-corrected chi connectivity index (χ0v) is 12.9. The summed E-state index contributed by atoms with van der Waals surface area (Å²) in [6, 6.07) is 5.64. The Kier molecular flexibility index (Phi) is 5.25. The van der Waals surface area contributed by atoms with Crippen molar-refractivity contribution in [1.29, 1.82) is 0 Å². The smallest absolute Gasteiger partial charge is 0.465 e. The number of likely N-dealkylation sites (N-methyl/N-ethyl adjacent to an activating group) is 1. The molecule has 0 unspecified atom stereocenters. The fourth-order valence-electron chi connectivity index (χ4n) is 1.79. The van der Waals surface area contributed by atoms with Gasteiger partial charge in [-0.15, -0.1) is 0 Å². The summed E-state index contributed by atoms with van der Waals surface area (Å²) in [7, 11) is 1.35. The number of carbonyl (C=O) groups is 2. The molecule has 0 saturated heterocycles. The topological polar surface area (TPSA) is 109 Å². The molecule has 0 atom stereocenters. The number of carboxylic acid groups (broad SMARTS) is 1. The number of halogens is 3. The first-order valence-electron chi connectivity index (χ1n) is 6.92. The van der Waals surface area contributed by atoms with E-state index in [0.29, 0.717) is 0 Å². The largest absolute Gasteiger partial charge is 0.471 e. The van der Waals surface area contributed by atoms with Crippen LogP contribution in [0.3, 0.4) is 0 Å². The standard InChI is InChI=1S/C14H13F3N4O4/c1-21(13(23)24)6-5-18-11(22)9-4-2-3-8(7-9)10-19-12(25-20-10)14(15,16)17/h2-4,7H,5-6H2,1H3,(H,18,22)(H,23,24). The van der Waals surface area contributed by atoms with Crippen LogP contribution >= 0.6 is 0 Å². The molecular formula is C14H13F3N4O4. The predicted molar refractivity (Wildman–Crippen MR) is 77.7 cm³/mol. The van der Waals surface area contributed by atoms with Crippen molar-refractivity contribution in [3.63, 3.8) is 0 Å². The third-order valence-electron chi connectivity index (χ3n) is 3.11. The molecule has 25 heavy (non-hydrogen) atoms. The molecule has 134 valence electrons. The van der Waals surface area contributed by atoms with Crippen LogP contribution in [0.1, 0.15) is 16.2 Å². The number of rotatable bonds is 5. The Morgan fingerprint density at radius 2 is 2.08 bits per heavy atom. The van der Waals surface area contributed by atoms with Crippen molar-refractivity contribution < 1.29 is 32.4 Å². The molecule has 0 saturated carbocycles. The quantitative estimate of drug-likeness (QED) is 0.847. The second kappa shape index (κ2) is 7.20. The predicted octanol–water partition coefficient (Wildman–Crippen LogP) is 2.09. The van der Waals surface area contributed by atoms with Crippen molar-refractivity contribution in [2.75, 3.05) is 20.1 Å². The van der Waals surface area contributed by atoms with E-state index in [1.807, 2.05) is 0 Å². The van der Waals surface area contributed by atoms with E-state index in [-0.39, 0.29) is 30.0 Å². The van der Waals surface area contributed by atoms with Gasteiger partial charge in [-0.05, 0) is 12.1 Å². The number of hydrogen-bond donors (Lipinski definition) is 2. The van der Waals surface area contributed by atoms with E-state index in [2.05, 4.69) is 20.0 Å². The summed E-state index contributed by atoms with van der Waals surface area (Å²) in [6.45, 7) is 0.160. The van der Waals surface area contributed by atoms with Crippen molar-refractivity contribution in [2.45, 2.75) is 6.18 Å². The van der Waals surface area contributed by atoms with Crippen molar-refractivity contribution >= 4 is 12.0 Å². The Morgan fingerprint density at radius 3 is 2.68 bits per heavy atom. The molecule has 0 aliphatic heterocycles. The summed E-state index contributed by atoms with van der Waals surface area (Å²) in [6.07, 6.45) is -5.88. The van der Waals surface area contributed by atoms with E-state index in [0.717, 1.165) is 4.90 Å². The van der Waals surface area contributed by atoms with Crippen LogP contribution in [0.4, 0.5) is 18.0 Å². The second-order valence-electron chi connectivity index (χ2n) is 4.96. The molecule has 2 N–H and O–H groups in total. The fraction of sp³-hybridized carbons (Fsp3) is 0.286. The number of aromatic nitrogens is 2. The second-order valence-corrected chi connectivity index (χ2v) is 4.96. The summed E-state index contributed by atoms with van der Waals surface area (Å²) in [5.41, 5.74) is 0.336. The van der Waals surface area contributed by atoms with Gasteiger partial charge in [-0.1, -0.05) is 17.3 Å². The van der Waals surface area contributed by atoms with E-state index in [1.165, 1.54) is 31.3 Å².